The van der Waals surface area contributed by atoms with Crippen LogP contribution in [0.4, 0.5) is 0 Å². The third-order valence-corrected chi connectivity index (χ3v) is 1.80. The van der Waals surface area contributed by atoms with Gasteiger partial charge in [-0.15, -0.1) is 0 Å². The molecule has 3 heteroatoms. The van der Waals surface area contributed by atoms with Crippen LogP contribution in [-0.4, -0.2) is 11.9 Å². The molecule has 0 unspecified atom stereocenters. The molecule has 0 N–H and O–H groups in total. The van der Waals surface area contributed by atoms with Gasteiger partial charge in [-0.05, 0) is 18.6 Å². The predicted octanol–water partition coefficient (Wildman–Crippen LogP) is 2.37. The van der Waals surface area contributed by atoms with E-state index < -0.39 is 11.9 Å². The van der Waals surface area contributed by atoms with Crippen molar-refractivity contribution in [3.8, 4) is 0 Å². The molecular formula is C12H13O3. The number of ether oxygens (including phenoxy) is 1. The molecule has 0 atom stereocenters. The lowest BCUT2D eigenvalue weighted by Crippen LogP contribution is -2.12. The third kappa shape index (κ3) is 3.94. The number of hydrogen-bond donors (Lipinski definition) is 0. The summed E-state index contributed by atoms with van der Waals surface area (Å²) in [6, 6.07) is 8.44. The average molecular weight is 205 g/mol. The summed E-state index contributed by atoms with van der Waals surface area (Å²) in [7, 11) is 0. The normalized spacial score (nSPS) is 9.67. The predicted molar refractivity (Wildman–Crippen MR) is 56.1 cm³/mol. The fourth-order valence-electron chi connectivity index (χ4n) is 1.03. The van der Waals surface area contributed by atoms with Crippen LogP contribution in [0.5, 0.6) is 0 Å². The molecule has 0 aliphatic rings. The fraction of sp³-hybridized carbons (Fsp3) is 0.250. The number of benzene rings is 1. The van der Waals surface area contributed by atoms with Crippen LogP contribution in [0.3, 0.4) is 0 Å². The molecule has 1 aromatic carbocycles. The van der Waals surface area contributed by atoms with Gasteiger partial charge in [-0.1, -0.05) is 31.5 Å². The zero-order valence-corrected chi connectivity index (χ0v) is 8.60. The molecule has 0 aromatic heterocycles. The van der Waals surface area contributed by atoms with Crippen LogP contribution >= 0.6 is 0 Å². The summed E-state index contributed by atoms with van der Waals surface area (Å²) >= 11 is 0. The smallest absolute Gasteiger partial charge is 0.345 e. The van der Waals surface area contributed by atoms with E-state index in [9.17, 15) is 9.59 Å². The molecule has 3 nitrogen and oxygen atoms in total. The van der Waals surface area contributed by atoms with E-state index in [4.69, 9.17) is 0 Å². The maximum atomic E-state index is 11.4. The summed E-state index contributed by atoms with van der Waals surface area (Å²) in [6.45, 7) is 1.95. The van der Waals surface area contributed by atoms with Crippen LogP contribution in [0.15, 0.2) is 30.3 Å². The van der Waals surface area contributed by atoms with Gasteiger partial charge in [0.15, 0.2) is 0 Å². The number of esters is 2. The monoisotopic (exact) mass is 205 g/mol. The van der Waals surface area contributed by atoms with Gasteiger partial charge in [0.1, 0.15) is 0 Å². The Morgan fingerprint density at radius 3 is 2.53 bits per heavy atom. The quantitative estimate of drug-likeness (QED) is 0.560. The second-order valence-electron chi connectivity index (χ2n) is 3.07. The first-order valence-electron chi connectivity index (χ1n) is 4.88. The highest BCUT2D eigenvalue weighted by Gasteiger charge is 2.11. The zero-order chi connectivity index (χ0) is 11.1. The Hall–Kier alpha value is -1.64. The maximum Gasteiger partial charge on any atom is 0.345 e. The Kier molecular flexibility index (Phi) is 4.54. The lowest BCUT2D eigenvalue weighted by atomic mass is 10.2. The first-order valence-corrected chi connectivity index (χ1v) is 4.88. The molecule has 0 amide bonds. The Morgan fingerprint density at radius 1 is 1.27 bits per heavy atom. The van der Waals surface area contributed by atoms with Crippen molar-refractivity contribution in [2.75, 3.05) is 0 Å². The van der Waals surface area contributed by atoms with Gasteiger partial charge >= 0.3 is 11.9 Å². The van der Waals surface area contributed by atoms with Gasteiger partial charge in [-0.3, -0.25) is 4.79 Å². The molecule has 0 fully saturated rings. The molecule has 0 aliphatic heterocycles. The lowest BCUT2D eigenvalue weighted by molar-refractivity contribution is -0.134. The van der Waals surface area contributed by atoms with E-state index in [0.29, 0.717) is 12.0 Å². The second-order valence-corrected chi connectivity index (χ2v) is 3.07. The maximum absolute atomic E-state index is 11.4. The van der Waals surface area contributed by atoms with Gasteiger partial charge in [0.25, 0.3) is 0 Å². The van der Waals surface area contributed by atoms with Gasteiger partial charge in [0, 0.05) is 0 Å². The van der Waals surface area contributed by atoms with Crippen molar-refractivity contribution in [1.82, 2.24) is 0 Å². The molecule has 1 rings (SSSR count). The summed E-state index contributed by atoms with van der Waals surface area (Å²) in [5.74, 6) is -1.18. The molecule has 0 aliphatic carbocycles. The number of rotatable bonds is 4. The van der Waals surface area contributed by atoms with E-state index in [1.807, 2.05) is 6.92 Å². The Bertz CT molecular complexity index is 330. The van der Waals surface area contributed by atoms with Gasteiger partial charge in [-0.25, -0.2) is 4.79 Å². The Morgan fingerprint density at radius 2 is 1.93 bits per heavy atom. The highest BCUT2D eigenvalue weighted by atomic mass is 16.6. The van der Waals surface area contributed by atoms with Gasteiger partial charge in [0.05, 0.1) is 12.0 Å². The van der Waals surface area contributed by atoms with Crippen molar-refractivity contribution in [2.45, 2.75) is 19.8 Å². The lowest BCUT2D eigenvalue weighted by Gasteiger charge is -2.01. The summed E-state index contributed by atoms with van der Waals surface area (Å²) < 4.78 is 4.61. The minimum Gasteiger partial charge on any atom is -0.389 e. The molecule has 0 bridgehead atoms. The van der Waals surface area contributed by atoms with Gasteiger partial charge in [0.2, 0.25) is 0 Å². The minimum atomic E-state index is -0.604. The average Bonchev–Trinajstić information content (AvgIpc) is 2.27. The molecule has 15 heavy (non-hydrogen) atoms. The van der Waals surface area contributed by atoms with Crippen molar-refractivity contribution in [1.29, 1.82) is 0 Å². The summed E-state index contributed by atoms with van der Waals surface area (Å²) in [6.07, 6.45) is 2.86. The third-order valence-electron chi connectivity index (χ3n) is 1.80. The number of hydrogen-bond acceptors (Lipinski definition) is 3. The van der Waals surface area contributed by atoms with E-state index >= 15 is 0 Å². The number of carbonyl (C=O) groups excluding carboxylic acids is 2. The van der Waals surface area contributed by atoms with Crippen molar-refractivity contribution in [3.05, 3.63) is 42.3 Å². The molecule has 0 saturated carbocycles. The van der Waals surface area contributed by atoms with E-state index in [1.54, 1.807) is 30.3 Å². The number of unbranched alkanes of at least 4 members (excludes halogenated alkanes) is 1. The minimum absolute atomic E-state index is 0.385. The molecule has 1 radical (unpaired) electrons. The van der Waals surface area contributed by atoms with Crippen molar-refractivity contribution in [3.63, 3.8) is 0 Å². The summed E-state index contributed by atoms with van der Waals surface area (Å²) in [4.78, 5) is 22.4. The Balaban J connectivity index is 2.46. The van der Waals surface area contributed by atoms with Crippen LogP contribution in [-0.2, 0) is 9.53 Å². The van der Waals surface area contributed by atoms with Crippen LogP contribution < -0.4 is 0 Å². The fourth-order valence-corrected chi connectivity index (χ4v) is 1.03. The van der Waals surface area contributed by atoms with E-state index in [0.717, 1.165) is 6.42 Å². The summed E-state index contributed by atoms with van der Waals surface area (Å²) in [5.41, 5.74) is 0.385. The van der Waals surface area contributed by atoms with Crippen LogP contribution in [0.1, 0.15) is 30.1 Å². The van der Waals surface area contributed by atoms with E-state index in [1.165, 1.54) is 6.42 Å². The highest BCUT2D eigenvalue weighted by Crippen LogP contribution is 2.03. The molecular weight excluding hydrogens is 192 g/mol. The van der Waals surface area contributed by atoms with Gasteiger partial charge in [-0.2, -0.15) is 0 Å². The summed E-state index contributed by atoms with van der Waals surface area (Å²) in [5, 5.41) is 0. The highest BCUT2D eigenvalue weighted by molar-refractivity contribution is 5.98. The first kappa shape index (κ1) is 11.4. The van der Waals surface area contributed by atoms with E-state index in [-0.39, 0.29) is 0 Å². The van der Waals surface area contributed by atoms with Crippen molar-refractivity contribution in [2.24, 2.45) is 0 Å². The van der Waals surface area contributed by atoms with Crippen molar-refractivity contribution >= 4 is 11.9 Å². The largest absolute Gasteiger partial charge is 0.389 e. The van der Waals surface area contributed by atoms with Crippen molar-refractivity contribution < 1.29 is 14.3 Å². The number of carbonyl (C=O) groups is 2. The van der Waals surface area contributed by atoms with E-state index in [2.05, 4.69) is 4.74 Å². The first-order chi connectivity index (χ1) is 7.24. The standard InChI is InChI=1S/C12H13O3/c1-2-3-9-11(13)15-12(14)10-7-5-4-6-8-10/h4-9H,2-3H2,1H3. The molecule has 0 heterocycles. The molecule has 0 spiro atoms. The topological polar surface area (TPSA) is 43.4 Å². The van der Waals surface area contributed by atoms with Crippen LogP contribution in [0.25, 0.3) is 0 Å². The Labute approximate surface area is 89.1 Å². The second kappa shape index (κ2) is 5.96. The zero-order valence-electron chi connectivity index (χ0n) is 8.60. The van der Waals surface area contributed by atoms with Crippen LogP contribution in [0.2, 0.25) is 0 Å². The van der Waals surface area contributed by atoms with Gasteiger partial charge < -0.3 is 4.74 Å². The molecule has 0 saturated heterocycles. The van der Waals surface area contributed by atoms with Crippen LogP contribution in [0, 0.1) is 6.42 Å². The molecule has 79 valence electrons. The molecule has 1 aromatic rings. The SMILES string of the molecule is CCC[CH]C(=O)OC(=O)c1ccccc1.